The Morgan fingerprint density at radius 2 is 2.04 bits per heavy atom. The van der Waals surface area contributed by atoms with E-state index >= 15 is 0 Å². The van der Waals surface area contributed by atoms with E-state index in [2.05, 4.69) is 20.4 Å². The number of rotatable bonds is 4. The monoisotopic (exact) mass is 382 g/mol. The number of aromatic nitrogens is 4. The first-order valence-electron chi connectivity index (χ1n) is 9.21. The second kappa shape index (κ2) is 6.49. The lowest BCUT2D eigenvalue weighted by Crippen LogP contribution is -2.37. The van der Waals surface area contributed by atoms with Crippen LogP contribution < -0.4 is 10.2 Å². The van der Waals surface area contributed by atoms with Crippen molar-refractivity contribution in [2.75, 3.05) is 18.0 Å². The first-order chi connectivity index (χ1) is 13.2. The van der Waals surface area contributed by atoms with Crippen molar-refractivity contribution in [3.05, 3.63) is 52.8 Å². The minimum absolute atomic E-state index is 0.0813. The molecule has 27 heavy (non-hydrogen) atoms. The molecule has 1 saturated carbocycles. The van der Waals surface area contributed by atoms with E-state index in [1.807, 2.05) is 16.6 Å². The van der Waals surface area contributed by atoms with Crippen LogP contribution in [0.5, 0.6) is 0 Å². The molecule has 1 N–H and O–H groups in total. The molecule has 0 radical (unpaired) electrons. The van der Waals surface area contributed by atoms with Crippen molar-refractivity contribution in [1.82, 2.24) is 25.1 Å². The summed E-state index contributed by atoms with van der Waals surface area (Å²) in [4.78, 5) is 14.6. The van der Waals surface area contributed by atoms with Crippen molar-refractivity contribution in [3.63, 3.8) is 0 Å². The third-order valence-electron chi connectivity index (χ3n) is 5.15. The lowest BCUT2D eigenvalue weighted by Gasteiger charge is -2.18. The molecule has 8 heteroatoms. The molecule has 5 rings (SSSR count). The summed E-state index contributed by atoms with van der Waals surface area (Å²) in [6, 6.07) is 11.0. The molecule has 1 aliphatic carbocycles. The number of halogens is 1. The highest BCUT2D eigenvalue weighted by molar-refractivity contribution is 6.30. The van der Waals surface area contributed by atoms with E-state index in [9.17, 15) is 4.79 Å². The zero-order valence-electron chi connectivity index (χ0n) is 14.7. The first kappa shape index (κ1) is 16.5. The SMILES string of the molecule is O=C(NC1CCN(c2ccc3nnc(C4CC4)n3n2)C1)c1cccc(Cl)c1. The predicted octanol–water partition coefficient (Wildman–Crippen LogP) is 2.66. The fourth-order valence-electron chi connectivity index (χ4n) is 3.55. The van der Waals surface area contributed by atoms with Gasteiger partial charge in [-0.15, -0.1) is 15.3 Å². The number of amides is 1. The zero-order chi connectivity index (χ0) is 18.4. The normalized spacial score (nSPS) is 19.6. The van der Waals surface area contributed by atoms with Gasteiger partial charge in [0.15, 0.2) is 11.5 Å². The molecule has 0 spiro atoms. The molecule has 1 amide bonds. The van der Waals surface area contributed by atoms with E-state index in [-0.39, 0.29) is 11.9 Å². The largest absolute Gasteiger partial charge is 0.353 e. The van der Waals surface area contributed by atoms with Crippen molar-refractivity contribution in [2.45, 2.75) is 31.2 Å². The number of fused-ring (bicyclic) bond motifs is 1. The van der Waals surface area contributed by atoms with Gasteiger partial charge in [0.05, 0.1) is 0 Å². The summed E-state index contributed by atoms with van der Waals surface area (Å²) in [5.41, 5.74) is 1.37. The highest BCUT2D eigenvalue weighted by Gasteiger charge is 2.30. The van der Waals surface area contributed by atoms with Crippen LogP contribution in [0.25, 0.3) is 5.65 Å². The summed E-state index contributed by atoms with van der Waals surface area (Å²) in [6.45, 7) is 1.57. The highest BCUT2D eigenvalue weighted by Crippen LogP contribution is 2.38. The van der Waals surface area contributed by atoms with Gasteiger partial charge in [0.1, 0.15) is 5.82 Å². The Morgan fingerprint density at radius 1 is 1.15 bits per heavy atom. The number of carbonyl (C=O) groups excluding carboxylic acids is 1. The van der Waals surface area contributed by atoms with Gasteiger partial charge in [-0.3, -0.25) is 4.79 Å². The Morgan fingerprint density at radius 3 is 2.85 bits per heavy atom. The van der Waals surface area contributed by atoms with Crippen molar-refractivity contribution >= 4 is 29.0 Å². The number of nitrogens with zero attached hydrogens (tertiary/aromatic N) is 5. The third-order valence-corrected chi connectivity index (χ3v) is 5.38. The molecule has 2 fully saturated rings. The summed E-state index contributed by atoms with van der Waals surface area (Å²) in [7, 11) is 0. The third kappa shape index (κ3) is 3.23. The molecule has 1 atom stereocenters. The molecule has 1 aliphatic heterocycles. The smallest absolute Gasteiger partial charge is 0.251 e. The second-order valence-corrected chi connectivity index (χ2v) is 7.65. The van der Waals surface area contributed by atoms with Crippen LogP contribution in [0.2, 0.25) is 5.02 Å². The minimum Gasteiger partial charge on any atom is -0.353 e. The molecule has 3 heterocycles. The van der Waals surface area contributed by atoms with Crippen LogP contribution in [0.4, 0.5) is 5.82 Å². The lowest BCUT2D eigenvalue weighted by atomic mass is 10.2. The van der Waals surface area contributed by atoms with Gasteiger partial charge in [0.2, 0.25) is 0 Å². The lowest BCUT2D eigenvalue weighted by molar-refractivity contribution is 0.0940. The van der Waals surface area contributed by atoms with Crippen LogP contribution in [0.3, 0.4) is 0 Å². The van der Waals surface area contributed by atoms with Crippen LogP contribution in [0.1, 0.15) is 41.4 Å². The second-order valence-electron chi connectivity index (χ2n) is 7.21. The molecular weight excluding hydrogens is 364 g/mol. The van der Waals surface area contributed by atoms with Gasteiger partial charge in [-0.2, -0.15) is 4.52 Å². The Kier molecular flexibility index (Phi) is 3.97. The maximum Gasteiger partial charge on any atom is 0.251 e. The fourth-order valence-corrected chi connectivity index (χ4v) is 3.74. The van der Waals surface area contributed by atoms with Crippen LogP contribution in [0.15, 0.2) is 36.4 Å². The Balaban J connectivity index is 1.30. The van der Waals surface area contributed by atoms with E-state index in [0.29, 0.717) is 16.5 Å². The van der Waals surface area contributed by atoms with Gasteiger partial charge >= 0.3 is 0 Å². The van der Waals surface area contributed by atoms with Gasteiger partial charge in [-0.1, -0.05) is 17.7 Å². The van der Waals surface area contributed by atoms with E-state index in [1.54, 1.807) is 24.3 Å². The number of hydrogen-bond acceptors (Lipinski definition) is 5. The van der Waals surface area contributed by atoms with Gasteiger partial charge < -0.3 is 10.2 Å². The standard InChI is InChI=1S/C19H19ClN6O/c20-14-3-1-2-13(10-14)19(27)21-15-8-9-25(11-15)17-7-6-16-22-23-18(12-4-5-12)26(16)24-17/h1-3,6-7,10,12,15H,4-5,8-9,11H2,(H,21,27). The number of anilines is 1. The van der Waals surface area contributed by atoms with Gasteiger partial charge in [0.25, 0.3) is 5.91 Å². The number of benzene rings is 1. The molecule has 7 nitrogen and oxygen atoms in total. The predicted molar refractivity (Wildman–Crippen MR) is 102 cm³/mol. The summed E-state index contributed by atoms with van der Waals surface area (Å²) < 4.78 is 1.87. The number of nitrogens with one attached hydrogen (secondary N) is 1. The molecule has 1 saturated heterocycles. The Hall–Kier alpha value is -2.67. The van der Waals surface area contributed by atoms with Crippen LogP contribution in [0, 0.1) is 0 Å². The molecule has 138 valence electrons. The molecule has 2 aromatic heterocycles. The molecule has 1 unspecified atom stereocenters. The van der Waals surface area contributed by atoms with E-state index < -0.39 is 0 Å². The molecule has 3 aromatic rings. The first-order valence-corrected chi connectivity index (χ1v) is 9.59. The van der Waals surface area contributed by atoms with Crippen molar-refractivity contribution in [1.29, 1.82) is 0 Å². The zero-order valence-corrected chi connectivity index (χ0v) is 15.4. The van der Waals surface area contributed by atoms with Gasteiger partial charge in [0, 0.05) is 35.6 Å². The summed E-state index contributed by atoms with van der Waals surface area (Å²) in [6.07, 6.45) is 3.20. The fraction of sp³-hybridized carbons (Fsp3) is 0.368. The van der Waals surface area contributed by atoms with Crippen LogP contribution in [-0.2, 0) is 0 Å². The van der Waals surface area contributed by atoms with Crippen LogP contribution in [-0.4, -0.2) is 44.8 Å². The molecular formula is C19H19ClN6O. The highest BCUT2D eigenvalue weighted by atomic mass is 35.5. The average molecular weight is 383 g/mol. The Labute approximate surface area is 161 Å². The summed E-state index contributed by atoms with van der Waals surface area (Å²) in [5.74, 6) is 2.24. The van der Waals surface area contributed by atoms with Gasteiger partial charge in [-0.05, 0) is 49.6 Å². The summed E-state index contributed by atoms with van der Waals surface area (Å²) in [5, 5.41) is 16.9. The minimum atomic E-state index is -0.0948. The van der Waals surface area contributed by atoms with E-state index in [0.717, 1.165) is 49.6 Å². The Bertz CT molecular complexity index is 1010. The average Bonchev–Trinajstić information content (AvgIpc) is 3.25. The summed E-state index contributed by atoms with van der Waals surface area (Å²) >= 11 is 5.98. The van der Waals surface area contributed by atoms with E-state index in [1.165, 1.54) is 0 Å². The molecule has 0 bridgehead atoms. The maximum atomic E-state index is 12.4. The van der Waals surface area contributed by atoms with Gasteiger partial charge in [-0.25, -0.2) is 0 Å². The maximum absolute atomic E-state index is 12.4. The van der Waals surface area contributed by atoms with Crippen LogP contribution >= 0.6 is 11.6 Å². The molecule has 1 aromatic carbocycles. The van der Waals surface area contributed by atoms with Crippen molar-refractivity contribution in [2.24, 2.45) is 0 Å². The van der Waals surface area contributed by atoms with E-state index in [4.69, 9.17) is 16.7 Å². The van der Waals surface area contributed by atoms with Crippen molar-refractivity contribution in [3.8, 4) is 0 Å². The molecule has 2 aliphatic rings. The topological polar surface area (TPSA) is 75.4 Å². The number of hydrogen-bond donors (Lipinski definition) is 1. The number of carbonyl (C=O) groups is 1. The van der Waals surface area contributed by atoms with Crippen molar-refractivity contribution < 1.29 is 4.79 Å². The quantitative estimate of drug-likeness (QED) is 0.750.